The molecule has 0 aliphatic rings. The minimum absolute atomic E-state index is 0.304. The van der Waals surface area contributed by atoms with E-state index in [-0.39, 0.29) is 5.91 Å². The number of anilines is 1. The van der Waals surface area contributed by atoms with Gasteiger partial charge in [-0.05, 0) is 34.1 Å². The van der Waals surface area contributed by atoms with E-state index in [1.165, 1.54) is 12.4 Å². The van der Waals surface area contributed by atoms with Gasteiger partial charge in [-0.1, -0.05) is 11.6 Å². The SMILES string of the molecule is COc1ccc(Br)c(NC(=O)c2ccncc2Cl)c1. The fourth-order valence-corrected chi connectivity index (χ4v) is 2.03. The molecule has 98 valence electrons. The van der Waals surface area contributed by atoms with E-state index in [1.807, 2.05) is 0 Å². The second-order valence-electron chi connectivity index (χ2n) is 3.66. The molecule has 1 aromatic carbocycles. The van der Waals surface area contributed by atoms with Gasteiger partial charge in [-0.2, -0.15) is 0 Å². The average Bonchev–Trinajstić information content (AvgIpc) is 2.41. The van der Waals surface area contributed by atoms with E-state index in [0.29, 0.717) is 22.0 Å². The number of carbonyl (C=O) groups is 1. The highest BCUT2D eigenvalue weighted by molar-refractivity contribution is 9.10. The van der Waals surface area contributed by atoms with E-state index in [9.17, 15) is 4.79 Å². The topological polar surface area (TPSA) is 51.2 Å². The molecule has 2 rings (SSSR count). The Morgan fingerprint density at radius 3 is 2.89 bits per heavy atom. The lowest BCUT2D eigenvalue weighted by atomic mass is 10.2. The molecule has 1 N–H and O–H groups in total. The Kier molecular flexibility index (Phi) is 4.39. The summed E-state index contributed by atoms with van der Waals surface area (Å²) in [4.78, 5) is 15.9. The number of methoxy groups -OCH3 is 1. The molecule has 1 aromatic heterocycles. The molecule has 0 saturated carbocycles. The van der Waals surface area contributed by atoms with Crippen molar-refractivity contribution < 1.29 is 9.53 Å². The van der Waals surface area contributed by atoms with Crippen LogP contribution >= 0.6 is 27.5 Å². The van der Waals surface area contributed by atoms with Crippen molar-refractivity contribution in [1.29, 1.82) is 0 Å². The highest BCUT2D eigenvalue weighted by Gasteiger charge is 2.12. The Morgan fingerprint density at radius 2 is 2.21 bits per heavy atom. The summed E-state index contributed by atoms with van der Waals surface area (Å²) in [5.74, 6) is 0.348. The first-order chi connectivity index (χ1) is 9.11. The fraction of sp³-hybridized carbons (Fsp3) is 0.0769. The molecule has 2 aromatic rings. The first-order valence-corrected chi connectivity index (χ1v) is 6.53. The van der Waals surface area contributed by atoms with Gasteiger partial charge in [0.2, 0.25) is 0 Å². The van der Waals surface area contributed by atoms with E-state index in [0.717, 1.165) is 4.47 Å². The standard InChI is InChI=1S/C13H10BrClN2O2/c1-19-8-2-3-10(14)12(6-8)17-13(18)9-4-5-16-7-11(9)15/h2-7H,1H3,(H,17,18). The number of pyridine rings is 1. The highest BCUT2D eigenvalue weighted by atomic mass is 79.9. The molecule has 6 heteroatoms. The molecule has 4 nitrogen and oxygen atoms in total. The average molecular weight is 342 g/mol. The van der Waals surface area contributed by atoms with Crippen molar-refractivity contribution in [1.82, 2.24) is 4.98 Å². The predicted molar refractivity (Wildman–Crippen MR) is 77.9 cm³/mol. The van der Waals surface area contributed by atoms with Crippen LogP contribution in [0.15, 0.2) is 41.1 Å². The van der Waals surface area contributed by atoms with Crippen molar-refractivity contribution in [2.45, 2.75) is 0 Å². The molecule has 0 spiro atoms. The summed E-state index contributed by atoms with van der Waals surface area (Å²) in [5, 5.41) is 3.07. The maximum Gasteiger partial charge on any atom is 0.257 e. The number of hydrogen-bond acceptors (Lipinski definition) is 3. The lowest BCUT2D eigenvalue weighted by Crippen LogP contribution is -2.13. The van der Waals surface area contributed by atoms with E-state index >= 15 is 0 Å². The van der Waals surface area contributed by atoms with Crippen molar-refractivity contribution in [3.05, 3.63) is 51.7 Å². The van der Waals surface area contributed by atoms with Crippen LogP contribution in [0, 0.1) is 0 Å². The van der Waals surface area contributed by atoms with Gasteiger partial charge in [0.1, 0.15) is 5.75 Å². The smallest absolute Gasteiger partial charge is 0.257 e. The predicted octanol–water partition coefficient (Wildman–Crippen LogP) is 3.76. The van der Waals surface area contributed by atoms with Gasteiger partial charge in [0.05, 0.1) is 23.4 Å². The molecule has 0 radical (unpaired) electrons. The summed E-state index contributed by atoms with van der Waals surface area (Å²) in [6.45, 7) is 0. The third kappa shape index (κ3) is 3.24. The van der Waals surface area contributed by atoms with Crippen molar-refractivity contribution in [3.8, 4) is 5.75 Å². The number of benzene rings is 1. The fourth-order valence-electron chi connectivity index (χ4n) is 1.48. The van der Waals surface area contributed by atoms with Crippen molar-refractivity contribution in [3.63, 3.8) is 0 Å². The molecule has 0 atom stereocenters. The molecule has 19 heavy (non-hydrogen) atoms. The van der Waals surface area contributed by atoms with Gasteiger partial charge >= 0.3 is 0 Å². The van der Waals surface area contributed by atoms with Crippen molar-refractivity contribution in [2.24, 2.45) is 0 Å². The summed E-state index contributed by atoms with van der Waals surface area (Å²) in [6.07, 6.45) is 2.94. The molecule has 0 bridgehead atoms. The number of hydrogen-bond donors (Lipinski definition) is 1. The van der Waals surface area contributed by atoms with Crippen molar-refractivity contribution in [2.75, 3.05) is 12.4 Å². The van der Waals surface area contributed by atoms with Crippen LogP contribution in [0.5, 0.6) is 5.75 Å². The van der Waals surface area contributed by atoms with Gasteiger partial charge in [-0.15, -0.1) is 0 Å². The minimum Gasteiger partial charge on any atom is -0.497 e. The number of aromatic nitrogens is 1. The Labute approximate surface area is 123 Å². The summed E-state index contributed by atoms with van der Waals surface area (Å²) in [5.41, 5.74) is 0.976. The maximum absolute atomic E-state index is 12.1. The maximum atomic E-state index is 12.1. The van der Waals surface area contributed by atoms with Gasteiger partial charge in [0.25, 0.3) is 5.91 Å². The van der Waals surface area contributed by atoms with Crippen LogP contribution in [0.4, 0.5) is 5.69 Å². The second kappa shape index (κ2) is 6.04. The zero-order valence-electron chi connectivity index (χ0n) is 9.98. The van der Waals surface area contributed by atoms with E-state index in [2.05, 4.69) is 26.2 Å². The molecule has 0 fully saturated rings. The number of carbonyl (C=O) groups excluding carboxylic acids is 1. The molecular formula is C13H10BrClN2O2. The number of nitrogens with one attached hydrogen (secondary N) is 1. The summed E-state index contributed by atoms with van der Waals surface area (Å²) in [7, 11) is 1.56. The normalized spacial score (nSPS) is 10.1. The van der Waals surface area contributed by atoms with Gasteiger partial charge in [0, 0.05) is 22.9 Å². The van der Waals surface area contributed by atoms with Crippen LogP contribution < -0.4 is 10.1 Å². The van der Waals surface area contributed by atoms with Crippen LogP contribution in [0.25, 0.3) is 0 Å². The Morgan fingerprint density at radius 1 is 1.42 bits per heavy atom. The van der Waals surface area contributed by atoms with Crippen LogP contribution in [-0.2, 0) is 0 Å². The van der Waals surface area contributed by atoms with E-state index < -0.39 is 0 Å². The lowest BCUT2D eigenvalue weighted by molar-refractivity contribution is 0.102. The number of halogens is 2. The highest BCUT2D eigenvalue weighted by Crippen LogP contribution is 2.28. The number of ether oxygens (including phenoxy) is 1. The van der Waals surface area contributed by atoms with Crippen LogP contribution in [0.1, 0.15) is 10.4 Å². The van der Waals surface area contributed by atoms with Crippen LogP contribution in [0.2, 0.25) is 5.02 Å². The molecule has 0 aliphatic carbocycles. The van der Waals surface area contributed by atoms with Crippen molar-refractivity contribution >= 4 is 39.1 Å². The third-order valence-corrected chi connectivity index (χ3v) is 3.43. The van der Waals surface area contributed by atoms with Gasteiger partial charge in [-0.3, -0.25) is 9.78 Å². The Balaban J connectivity index is 2.26. The lowest BCUT2D eigenvalue weighted by Gasteiger charge is -2.09. The molecular weight excluding hydrogens is 332 g/mol. The number of nitrogens with zero attached hydrogens (tertiary/aromatic N) is 1. The molecule has 0 unspecified atom stereocenters. The Bertz CT molecular complexity index is 619. The van der Waals surface area contributed by atoms with Crippen LogP contribution in [0.3, 0.4) is 0 Å². The second-order valence-corrected chi connectivity index (χ2v) is 4.92. The third-order valence-electron chi connectivity index (χ3n) is 2.44. The molecule has 1 heterocycles. The summed E-state index contributed by atoms with van der Waals surface area (Å²) < 4.78 is 5.87. The quantitative estimate of drug-likeness (QED) is 0.925. The zero-order valence-corrected chi connectivity index (χ0v) is 12.3. The molecule has 0 aliphatic heterocycles. The van der Waals surface area contributed by atoms with Gasteiger partial charge in [-0.25, -0.2) is 0 Å². The molecule has 0 saturated heterocycles. The van der Waals surface area contributed by atoms with Gasteiger partial charge < -0.3 is 10.1 Å². The first-order valence-electron chi connectivity index (χ1n) is 5.36. The minimum atomic E-state index is -0.304. The largest absolute Gasteiger partial charge is 0.497 e. The van der Waals surface area contributed by atoms with Gasteiger partial charge in [0.15, 0.2) is 0 Å². The molecule has 1 amide bonds. The van der Waals surface area contributed by atoms with E-state index in [1.54, 1.807) is 31.4 Å². The van der Waals surface area contributed by atoms with E-state index in [4.69, 9.17) is 16.3 Å². The Hall–Kier alpha value is -1.59. The summed E-state index contributed by atoms with van der Waals surface area (Å²) >= 11 is 9.29. The zero-order chi connectivity index (χ0) is 13.8. The summed E-state index contributed by atoms with van der Waals surface area (Å²) in [6, 6.07) is 6.87. The number of amides is 1. The monoisotopic (exact) mass is 340 g/mol. The first kappa shape index (κ1) is 13.8. The van der Waals surface area contributed by atoms with Crippen LogP contribution in [-0.4, -0.2) is 18.0 Å². The number of rotatable bonds is 3.